The number of benzene rings is 1. The molecule has 0 saturated carbocycles. The Morgan fingerprint density at radius 3 is 3.09 bits per heavy atom. The van der Waals surface area contributed by atoms with Gasteiger partial charge in [0.2, 0.25) is 5.91 Å². The summed E-state index contributed by atoms with van der Waals surface area (Å²) in [5, 5.41) is 3.66. The molecule has 122 valence electrons. The van der Waals surface area contributed by atoms with Crippen LogP contribution in [0.5, 0.6) is 0 Å². The maximum atomic E-state index is 12.5. The van der Waals surface area contributed by atoms with Crippen molar-refractivity contribution in [1.29, 1.82) is 0 Å². The number of nitrogens with zero attached hydrogens (tertiary/aromatic N) is 3. The third-order valence-electron chi connectivity index (χ3n) is 4.22. The summed E-state index contributed by atoms with van der Waals surface area (Å²) in [7, 11) is 1.92. The molecule has 1 aromatic carbocycles. The first kappa shape index (κ1) is 16.1. The molecule has 1 atom stereocenters. The van der Waals surface area contributed by atoms with Crippen molar-refractivity contribution in [3.63, 3.8) is 0 Å². The summed E-state index contributed by atoms with van der Waals surface area (Å²) in [6, 6.07) is 5.37. The molecule has 0 radical (unpaired) electrons. The average molecular weight is 379 g/mol. The van der Waals surface area contributed by atoms with Crippen molar-refractivity contribution in [2.24, 2.45) is 5.92 Å². The van der Waals surface area contributed by atoms with Crippen LogP contribution in [-0.4, -0.2) is 47.0 Å². The lowest BCUT2D eigenvalue weighted by Gasteiger charge is -2.17. The summed E-state index contributed by atoms with van der Waals surface area (Å²) in [4.78, 5) is 31.0. The van der Waals surface area contributed by atoms with Crippen molar-refractivity contribution >= 4 is 32.7 Å². The highest BCUT2D eigenvalue weighted by atomic mass is 79.9. The number of rotatable bonds is 4. The number of carbonyl (C=O) groups excluding carboxylic acids is 1. The van der Waals surface area contributed by atoms with Crippen LogP contribution in [0.25, 0.3) is 10.9 Å². The monoisotopic (exact) mass is 378 g/mol. The Hall–Kier alpha value is -1.73. The van der Waals surface area contributed by atoms with Crippen LogP contribution < -0.4 is 10.9 Å². The SMILES string of the molecule is CNC[C@@H]1CCN(C(=O)Cn2cnc3ccc(Br)cc3c2=O)C1. The second kappa shape index (κ2) is 6.80. The maximum Gasteiger partial charge on any atom is 0.261 e. The van der Waals surface area contributed by atoms with E-state index >= 15 is 0 Å². The van der Waals surface area contributed by atoms with Gasteiger partial charge in [-0.25, -0.2) is 4.98 Å². The van der Waals surface area contributed by atoms with Crippen LogP contribution in [0.3, 0.4) is 0 Å². The van der Waals surface area contributed by atoms with E-state index in [1.54, 1.807) is 12.1 Å². The lowest BCUT2D eigenvalue weighted by molar-refractivity contribution is -0.130. The second-order valence-corrected chi connectivity index (χ2v) is 6.81. The van der Waals surface area contributed by atoms with Gasteiger partial charge in [-0.3, -0.25) is 14.2 Å². The van der Waals surface area contributed by atoms with Gasteiger partial charge in [-0.1, -0.05) is 15.9 Å². The molecule has 1 N–H and O–H groups in total. The van der Waals surface area contributed by atoms with Gasteiger partial charge in [0, 0.05) is 17.6 Å². The first-order valence-corrected chi connectivity index (χ1v) is 8.45. The van der Waals surface area contributed by atoms with Crippen molar-refractivity contribution in [3.05, 3.63) is 39.4 Å². The van der Waals surface area contributed by atoms with E-state index in [1.807, 2.05) is 18.0 Å². The topological polar surface area (TPSA) is 67.2 Å². The molecule has 1 aromatic heterocycles. The summed E-state index contributed by atoms with van der Waals surface area (Å²) in [6.45, 7) is 2.46. The molecular weight excluding hydrogens is 360 g/mol. The predicted molar refractivity (Wildman–Crippen MR) is 92.3 cm³/mol. The van der Waals surface area contributed by atoms with E-state index in [0.29, 0.717) is 16.8 Å². The van der Waals surface area contributed by atoms with E-state index in [1.165, 1.54) is 10.9 Å². The van der Waals surface area contributed by atoms with Crippen LogP contribution in [0.15, 0.2) is 33.8 Å². The number of halogens is 1. The Labute approximate surface area is 142 Å². The summed E-state index contributed by atoms with van der Waals surface area (Å²) in [5.41, 5.74) is 0.452. The summed E-state index contributed by atoms with van der Waals surface area (Å²) >= 11 is 3.36. The van der Waals surface area contributed by atoms with E-state index in [0.717, 1.165) is 30.5 Å². The Kier molecular flexibility index (Phi) is 4.77. The molecule has 0 bridgehead atoms. The minimum Gasteiger partial charge on any atom is -0.341 e. The Morgan fingerprint density at radius 1 is 1.48 bits per heavy atom. The molecule has 1 aliphatic rings. The highest BCUT2D eigenvalue weighted by Crippen LogP contribution is 2.17. The van der Waals surface area contributed by atoms with Crippen molar-refractivity contribution in [3.8, 4) is 0 Å². The molecule has 6 nitrogen and oxygen atoms in total. The van der Waals surface area contributed by atoms with Gasteiger partial charge in [0.25, 0.3) is 5.56 Å². The highest BCUT2D eigenvalue weighted by molar-refractivity contribution is 9.10. The number of aromatic nitrogens is 2. The highest BCUT2D eigenvalue weighted by Gasteiger charge is 2.25. The van der Waals surface area contributed by atoms with Gasteiger partial charge < -0.3 is 10.2 Å². The number of fused-ring (bicyclic) bond motifs is 1. The van der Waals surface area contributed by atoms with Crippen molar-refractivity contribution in [1.82, 2.24) is 19.8 Å². The Morgan fingerprint density at radius 2 is 2.30 bits per heavy atom. The fraction of sp³-hybridized carbons (Fsp3) is 0.438. The molecular formula is C16H19BrN4O2. The lowest BCUT2D eigenvalue weighted by Crippen LogP contribution is -2.35. The zero-order valence-electron chi connectivity index (χ0n) is 13.0. The van der Waals surface area contributed by atoms with Gasteiger partial charge in [-0.15, -0.1) is 0 Å². The van der Waals surface area contributed by atoms with Gasteiger partial charge in [0.05, 0.1) is 17.2 Å². The number of nitrogens with one attached hydrogen (secondary N) is 1. The normalized spacial score (nSPS) is 17.8. The molecule has 23 heavy (non-hydrogen) atoms. The summed E-state index contributed by atoms with van der Waals surface area (Å²) in [5.74, 6) is 0.466. The predicted octanol–water partition coefficient (Wildman–Crippen LogP) is 1.23. The number of amides is 1. The molecule has 7 heteroatoms. The van der Waals surface area contributed by atoms with E-state index in [2.05, 4.69) is 26.2 Å². The number of carbonyl (C=O) groups is 1. The summed E-state index contributed by atoms with van der Waals surface area (Å²) in [6.07, 6.45) is 2.46. The quantitative estimate of drug-likeness (QED) is 0.868. The number of likely N-dealkylation sites (tertiary alicyclic amines) is 1. The first-order valence-electron chi connectivity index (χ1n) is 7.65. The van der Waals surface area contributed by atoms with Crippen molar-refractivity contribution in [2.45, 2.75) is 13.0 Å². The van der Waals surface area contributed by atoms with Crippen molar-refractivity contribution < 1.29 is 4.79 Å². The molecule has 1 fully saturated rings. The third-order valence-corrected chi connectivity index (χ3v) is 4.72. The fourth-order valence-corrected chi connectivity index (χ4v) is 3.37. The minimum atomic E-state index is -0.185. The van der Waals surface area contributed by atoms with Gasteiger partial charge in [0.1, 0.15) is 6.54 Å². The molecule has 1 amide bonds. The van der Waals surface area contributed by atoms with Crippen LogP contribution in [-0.2, 0) is 11.3 Å². The van der Waals surface area contributed by atoms with Crippen LogP contribution in [0.4, 0.5) is 0 Å². The van der Waals surface area contributed by atoms with E-state index in [-0.39, 0.29) is 18.0 Å². The smallest absolute Gasteiger partial charge is 0.261 e. The van der Waals surface area contributed by atoms with Crippen LogP contribution in [0.2, 0.25) is 0 Å². The Balaban J connectivity index is 1.78. The maximum absolute atomic E-state index is 12.5. The molecule has 2 aromatic rings. The molecule has 2 heterocycles. The van der Waals surface area contributed by atoms with Crippen LogP contribution >= 0.6 is 15.9 Å². The van der Waals surface area contributed by atoms with Gasteiger partial charge in [0.15, 0.2) is 0 Å². The van der Waals surface area contributed by atoms with Gasteiger partial charge in [-0.2, -0.15) is 0 Å². The van der Waals surface area contributed by atoms with E-state index in [9.17, 15) is 9.59 Å². The third kappa shape index (κ3) is 3.45. The standard InChI is InChI=1S/C16H19BrN4O2/c1-18-7-11-4-5-20(8-11)15(22)9-21-10-19-14-3-2-12(17)6-13(14)16(21)23/h2-3,6,10-11,18H,4-5,7-9H2,1H3/t11-/m0/s1. The number of hydrogen-bond donors (Lipinski definition) is 1. The molecule has 3 rings (SSSR count). The van der Waals surface area contributed by atoms with E-state index in [4.69, 9.17) is 0 Å². The molecule has 0 spiro atoms. The van der Waals surface area contributed by atoms with E-state index < -0.39 is 0 Å². The second-order valence-electron chi connectivity index (χ2n) is 5.89. The Bertz CT molecular complexity index is 789. The molecule has 0 unspecified atom stereocenters. The van der Waals surface area contributed by atoms with Crippen LogP contribution in [0, 0.1) is 5.92 Å². The molecule has 1 saturated heterocycles. The molecule has 1 aliphatic heterocycles. The zero-order valence-corrected chi connectivity index (χ0v) is 14.5. The van der Waals surface area contributed by atoms with Gasteiger partial charge in [-0.05, 0) is 44.1 Å². The lowest BCUT2D eigenvalue weighted by atomic mass is 10.1. The largest absolute Gasteiger partial charge is 0.341 e. The first-order chi connectivity index (χ1) is 11.1. The average Bonchev–Trinajstić information content (AvgIpc) is 3.00. The minimum absolute atomic E-state index is 0.0261. The number of hydrogen-bond acceptors (Lipinski definition) is 4. The zero-order chi connectivity index (χ0) is 16.4. The van der Waals surface area contributed by atoms with Crippen molar-refractivity contribution in [2.75, 3.05) is 26.7 Å². The summed E-state index contributed by atoms with van der Waals surface area (Å²) < 4.78 is 2.21. The van der Waals surface area contributed by atoms with Gasteiger partial charge >= 0.3 is 0 Å². The molecule has 0 aliphatic carbocycles. The fourth-order valence-electron chi connectivity index (χ4n) is 3.00. The van der Waals surface area contributed by atoms with Crippen LogP contribution in [0.1, 0.15) is 6.42 Å².